The second kappa shape index (κ2) is 3.99. The molecule has 1 rings (SSSR count). The lowest BCUT2D eigenvalue weighted by Gasteiger charge is -2.07. The lowest BCUT2D eigenvalue weighted by Crippen LogP contribution is -2.20. The van der Waals surface area contributed by atoms with Crippen LogP contribution in [-0.4, -0.2) is 28.4 Å². The topological polar surface area (TPSA) is 113 Å². The SMILES string of the molecule is NC(=O)c1ccc(OB(O)O)c(O)c1. The summed E-state index contributed by atoms with van der Waals surface area (Å²) in [7, 11) is -2.03. The lowest BCUT2D eigenvalue weighted by atomic mass is 10.1. The first kappa shape index (κ1) is 10.4. The summed E-state index contributed by atoms with van der Waals surface area (Å²) >= 11 is 0. The van der Waals surface area contributed by atoms with Crippen LogP contribution in [0, 0.1) is 0 Å². The van der Waals surface area contributed by atoms with Crippen LogP contribution in [0.5, 0.6) is 11.5 Å². The number of phenolic OH excluding ortho intramolecular Hbond substituents is 1. The third-order valence-corrected chi connectivity index (χ3v) is 1.48. The zero-order chi connectivity index (χ0) is 10.7. The van der Waals surface area contributed by atoms with E-state index in [0.717, 1.165) is 6.07 Å². The fraction of sp³-hybridized carbons (Fsp3) is 0. The standard InChI is InChI=1S/C7H8BNO5/c9-7(11)4-1-2-6(5(10)3-4)14-8(12)13/h1-3,10,12-13H,(H2,9,11). The summed E-state index contributed by atoms with van der Waals surface area (Å²) in [5.41, 5.74) is 5.04. The molecule has 0 aliphatic heterocycles. The van der Waals surface area contributed by atoms with Crippen LogP contribution in [0.3, 0.4) is 0 Å². The number of aromatic hydroxyl groups is 1. The van der Waals surface area contributed by atoms with Crippen molar-refractivity contribution in [1.29, 1.82) is 0 Å². The third-order valence-electron chi connectivity index (χ3n) is 1.48. The minimum Gasteiger partial charge on any atom is -0.509 e. The summed E-state index contributed by atoms with van der Waals surface area (Å²) in [5, 5.41) is 26.1. The third kappa shape index (κ3) is 2.38. The fourth-order valence-electron chi connectivity index (χ4n) is 0.884. The quantitative estimate of drug-likeness (QED) is 0.456. The molecule has 7 heteroatoms. The summed E-state index contributed by atoms with van der Waals surface area (Å²) in [4.78, 5) is 10.7. The van der Waals surface area contributed by atoms with E-state index >= 15 is 0 Å². The number of primary amides is 1. The molecular formula is C7H8BNO5. The molecule has 0 unspecified atom stereocenters. The van der Waals surface area contributed by atoms with E-state index in [1.54, 1.807) is 0 Å². The molecule has 1 amide bonds. The largest absolute Gasteiger partial charge is 0.707 e. The van der Waals surface area contributed by atoms with Gasteiger partial charge in [0.05, 0.1) is 0 Å². The van der Waals surface area contributed by atoms with Gasteiger partial charge in [0, 0.05) is 5.56 Å². The van der Waals surface area contributed by atoms with Gasteiger partial charge in [-0.15, -0.1) is 0 Å². The van der Waals surface area contributed by atoms with Gasteiger partial charge in [-0.05, 0) is 18.2 Å². The maximum absolute atomic E-state index is 10.7. The maximum Gasteiger partial charge on any atom is 0.707 e. The van der Waals surface area contributed by atoms with E-state index in [-0.39, 0.29) is 11.3 Å². The molecule has 0 aromatic heterocycles. The first-order valence-electron chi connectivity index (χ1n) is 3.66. The zero-order valence-corrected chi connectivity index (χ0v) is 7.04. The van der Waals surface area contributed by atoms with Crippen molar-refractivity contribution >= 4 is 13.2 Å². The second-order valence-corrected chi connectivity index (χ2v) is 2.49. The molecule has 0 heterocycles. The molecule has 0 radical (unpaired) electrons. The van der Waals surface area contributed by atoms with E-state index in [1.807, 2.05) is 0 Å². The molecule has 14 heavy (non-hydrogen) atoms. The van der Waals surface area contributed by atoms with Gasteiger partial charge in [0.25, 0.3) is 0 Å². The number of nitrogens with two attached hydrogens (primary N) is 1. The Labute approximate surface area is 79.7 Å². The number of hydrogen-bond acceptors (Lipinski definition) is 5. The number of phenols is 1. The van der Waals surface area contributed by atoms with Crippen LogP contribution in [0.15, 0.2) is 18.2 Å². The predicted octanol–water partition coefficient (Wildman–Crippen LogP) is -1.16. The highest BCUT2D eigenvalue weighted by Gasteiger charge is 2.15. The van der Waals surface area contributed by atoms with Crippen LogP contribution in [0.25, 0.3) is 0 Å². The Morgan fingerprint density at radius 3 is 2.50 bits per heavy atom. The van der Waals surface area contributed by atoms with Gasteiger partial charge >= 0.3 is 7.32 Å². The second-order valence-electron chi connectivity index (χ2n) is 2.49. The minimum atomic E-state index is -2.03. The highest BCUT2D eigenvalue weighted by molar-refractivity contribution is 6.33. The van der Waals surface area contributed by atoms with Gasteiger partial charge in [-0.1, -0.05) is 0 Å². The molecule has 0 aliphatic rings. The lowest BCUT2D eigenvalue weighted by molar-refractivity contribution is 0.1000. The number of benzene rings is 1. The van der Waals surface area contributed by atoms with E-state index in [1.165, 1.54) is 12.1 Å². The van der Waals surface area contributed by atoms with Crippen molar-refractivity contribution in [2.24, 2.45) is 5.73 Å². The Balaban J connectivity index is 2.95. The first-order chi connectivity index (χ1) is 6.50. The molecule has 0 aliphatic carbocycles. The highest BCUT2D eigenvalue weighted by Crippen LogP contribution is 2.26. The van der Waals surface area contributed by atoms with Crippen LogP contribution >= 0.6 is 0 Å². The molecule has 6 nitrogen and oxygen atoms in total. The molecule has 5 N–H and O–H groups in total. The maximum atomic E-state index is 10.7. The van der Waals surface area contributed by atoms with Gasteiger partial charge in [0.1, 0.15) is 5.75 Å². The summed E-state index contributed by atoms with van der Waals surface area (Å²) in [5.74, 6) is -1.24. The molecule has 0 spiro atoms. The Morgan fingerprint density at radius 2 is 2.07 bits per heavy atom. The first-order valence-corrected chi connectivity index (χ1v) is 3.66. The number of rotatable bonds is 3. The highest BCUT2D eigenvalue weighted by atomic mass is 16.6. The van der Waals surface area contributed by atoms with E-state index < -0.39 is 19.0 Å². The van der Waals surface area contributed by atoms with E-state index in [2.05, 4.69) is 4.65 Å². The fourth-order valence-corrected chi connectivity index (χ4v) is 0.884. The van der Waals surface area contributed by atoms with Crippen molar-refractivity contribution in [3.8, 4) is 11.5 Å². The minimum absolute atomic E-state index is 0.0993. The van der Waals surface area contributed by atoms with Crippen LogP contribution in [0.2, 0.25) is 0 Å². The van der Waals surface area contributed by atoms with Gasteiger partial charge in [-0.2, -0.15) is 0 Å². The Morgan fingerprint density at radius 1 is 1.43 bits per heavy atom. The summed E-state index contributed by atoms with van der Waals surface area (Å²) < 4.78 is 4.39. The van der Waals surface area contributed by atoms with E-state index in [0.29, 0.717) is 0 Å². The summed E-state index contributed by atoms with van der Waals surface area (Å²) in [6, 6.07) is 3.56. The number of amides is 1. The van der Waals surface area contributed by atoms with Crippen molar-refractivity contribution in [3.63, 3.8) is 0 Å². The van der Waals surface area contributed by atoms with Crippen LogP contribution in [-0.2, 0) is 0 Å². The van der Waals surface area contributed by atoms with Crippen molar-refractivity contribution in [2.75, 3.05) is 0 Å². The van der Waals surface area contributed by atoms with Crippen molar-refractivity contribution in [1.82, 2.24) is 0 Å². The van der Waals surface area contributed by atoms with E-state index in [9.17, 15) is 9.90 Å². The molecule has 0 bridgehead atoms. The Hall–Kier alpha value is -1.73. The summed E-state index contributed by atoms with van der Waals surface area (Å²) in [6.45, 7) is 0. The average molecular weight is 197 g/mol. The molecule has 0 atom stereocenters. The molecule has 1 aromatic rings. The van der Waals surface area contributed by atoms with E-state index in [4.69, 9.17) is 15.8 Å². The van der Waals surface area contributed by atoms with Gasteiger partial charge in [0.2, 0.25) is 5.91 Å². The molecule has 0 saturated heterocycles. The molecule has 1 aromatic carbocycles. The van der Waals surface area contributed by atoms with Crippen molar-refractivity contribution < 1.29 is 24.6 Å². The van der Waals surface area contributed by atoms with Gasteiger partial charge < -0.3 is 25.5 Å². The zero-order valence-electron chi connectivity index (χ0n) is 7.04. The number of carbonyl (C=O) groups is 1. The Kier molecular flexibility index (Phi) is 2.95. The van der Waals surface area contributed by atoms with Gasteiger partial charge in [-0.25, -0.2) is 0 Å². The number of carbonyl (C=O) groups excluding carboxylic acids is 1. The van der Waals surface area contributed by atoms with Gasteiger partial charge in [-0.3, -0.25) is 4.79 Å². The van der Waals surface area contributed by atoms with Crippen LogP contribution in [0.1, 0.15) is 10.4 Å². The number of hydrogen-bond donors (Lipinski definition) is 4. The smallest absolute Gasteiger partial charge is 0.509 e. The molecule has 0 fully saturated rings. The summed E-state index contributed by atoms with van der Waals surface area (Å²) in [6.07, 6.45) is 0. The molecular weight excluding hydrogens is 189 g/mol. The van der Waals surface area contributed by atoms with Crippen LogP contribution in [0.4, 0.5) is 0 Å². The normalized spacial score (nSPS) is 9.57. The molecule has 0 saturated carbocycles. The van der Waals surface area contributed by atoms with Crippen molar-refractivity contribution in [2.45, 2.75) is 0 Å². The average Bonchev–Trinajstić information content (AvgIpc) is 2.07. The Bertz CT molecular complexity index is 354. The predicted molar refractivity (Wildman–Crippen MR) is 47.4 cm³/mol. The molecule has 74 valence electrons. The van der Waals surface area contributed by atoms with Crippen molar-refractivity contribution in [3.05, 3.63) is 23.8 Å². The van der Waals surface area contributed by atoms with Gasteiger partial charge in [0.15, 0.2) is 5.75 Å². The van der Waals surface area contributed by atoms with Crippen LogP contribution < -0.4 is 10.4 Å². The monoisotopic (exact) mass is 197 g/mol.